The molecule has 0 unspecified atom stereocenters. The van der Waals surface area contributed by atoms with Crippen LogP contribution in [0, 0.1) is 0 Å². The van der Waals surface area contributed by atoms with Crippen molar-refractivity contribution in [2.24, 2.45) is 0 Å². The van der Waals surface area contributed by atoms with Crippen molar-refractivity contribution in [3.05, 3.63) is 43.0 Å². The minimum Gasteiger partial charge on any atom is -0.399 e. The van der Waals surface area contributed by atoms with Crippen molar-refractivity contribution >= 4 is 30.0 Å². The van der Waals surface area contributed by atoms with Crippen molar-refractivity contribution in [2.75, 3.05) is 5.73 Å². The molecule has 0 bridgehead atoms. The highest BCUT2D eigenvalue weighted by Crippen LogP contribution is 2.19. The molecule has 4 nitrogen and oxygen atoms in total. The fourth-order valence-electron chi connectivity index (χ4n) is 1.81. The lowest BCUT2D eigenvalue weighted by Crippen LogP contribution is -2.05. The minimum absolute atomic E-state index is 0.625. The average Bonchev–Trinajstić information content (AvgIpc) is 2.71. The van der Waals surface area contributed by atoms with Gasteiger partial charge in [-0.05, 0) is 24.3 Å². The Morgan fingerprint density at radius 2 is 2.06 bits per heavy atom. The summed E-state index contributed by atoms with van der Waals surface area (Å²) in [6, 6.07) is 7.47. The van der Waals surface area contributed by atoms with E-state index in [4.69, 9.17) is 13.6 Å². The lowest BCUT2D eigenvalue weighted by atomic mass is 9.99. The summed E-state index contributed by atoms with van der Waals surface area (Å²) in [5.74, 6) is 0. The average molecular weight is 220 g/mol. The number of hydrogen-bond donors (Lipinski definition) is 1. The second-order valence-corrected chi connectivity index (χ2v) is 3.84. The molecule has 2 N–H and O–H groups in total. The van der Waals surface area contributed by atoms with Gasteiger partial charge < -0.3 is 5.73 Å². The molecule has 0 spiro atoms. The van der Waals surface area contributed by atoms with Crippen LogP contribution in [0.1, 0.15) is 0 Å². The fraction of sp³-hybridized carbons (Fsp3) is 0. The molecule has 1 aromatic carbocycles. The van der Waals surface area contributed by atoms with Crippen molar-refractivity contribution in [2.45, 2.75) is 0 Å². The lowest BCUT2D eigenvalue weighted by Gasteiger charge is -2.04. The molecule has 17 heavy (non-hydrogen) atoms. The molecule has 0 saturated carbocycles. The minimum atomic E-state index is 0.625. The van der Waals surface area contributed by atoms with Gasteiger partial charge in [-0.3, -0.25) is 9.55 Å². The number of hydrogen-bond acceptors (Lipinski definition) is 3. The van der Waals surface area contributed by atoms with E-state index in [1.165, 1.54) is 0 Å². The maximum absolute atomic E-state index is 5.72. The van der Waals surface area contributed by atoms with Gasteiger partial charge in [0.25, 0.3) is 0 Å². The Labute approximate surface area is 99.5 Å². The van der Waals surface area contributed by atoms with Gasteiger partial charge >= 0.3 is 0 Å². The Morgan fingerprint density at radius 1 is 1.18 bits per heavy atom. The van der Waals surface area contributed by atoms with Gasteiger partial charge in [0, 0.05) is 11.9 Å². The highest BCUT2D eigenvalue weighted by atomic mass is 15.1. The summed E-state index contributed by atoms with van der Waals surface area (Å²) >= 11 is 0. The molecule has 0 atom stereocenters. The number of fused-ring (bicyclic) bond motifs is 1. The van der Waals surface area contributed by atoms with Gasteiger partial charge in [0.15, 0.2) is 0 Å². The summed E-state index contributed by atoms with van der Waals surface area (Å²) in [4.78, 5) is 8.37. The molecular formula is C12H9BN4. The zero-order chi connectivity index (χ0) is 11.8. The van der Waals surface area contributed by atoms with E-state index in [1.807, 2.05) is 28.8 Å². The van der Waals surface area contributed by atoms with E-state index in [0.29, 0.717) is 11.2 Å². The van der Waals surface area contributed by atoms with Crippen LogP contribution in [-0.2, 0) is 0 Å². The number of nitrogen functional groups attached to an aromatic ring is 1. The molecule has 0 aliphatic heterocycles. The molecule has 0 saturated heterocycles. The Morgan fingerprint density at radius 3 is 2.88 bits per heavy atom. The Kier molecular flexibility index (Phi) is 2.11. The van der Waals surface area contributed by atoms with Gasteiger partial charge in [-0.25, -0.2) is 4.98 Å². The van der Waals surface area contributed by atoms with Crippen LogP contribution in [0.4, 0.5) is 5.69 Å². The smallest absolute Gasteiger partial charge is 0.116 e. The number of aromatic nitrogens is 3. The van der Waals surface area contributed by atoms with E-state index in [9.17, 15) is 0 Å². The lowest BCUT2D eigenvalue weighted by molar-refractivity contribution is 1.07. The third-order valence-corrected chi connectivity index (χ3v) is 2.59. The molecule has 2 aromatic heterocycles. The third-order valence-electron chi connectivity index (χ3n) is 2.59. The van der Waals surface area contributed by atoms with Gasteiger partial charge in [-0.1, -0.05) is 5.46 Å². The molecule has 2 radical (unpaired) electrons. The van der Waals surface area contributed by atoms with Crippen LogP contribution in [0.25, 0.3) is 16.7 Å². The fourth-order valence-corrected chi connectivity index (χ4v) is 1.81. The molecule has 0 aliphatic rings. The van der Waals surface area contributed by atoms with Gasteiger partial charge in [-0.2, -0.15) is 0 Å². The maximum Gasteiger partial charge on any atom is 0.116 e. The number of nitrogens with two attached hydrogens (primary N) is 1. The molecule has 0 amide bonds. The van der Waals surface area contributed by atoms with E-state index < -0.39 is 0 Å². The summed E-state index contributed by atoms with van der Waals surface area (Å²) in [7, 11) is 5.72. The Bertz CT molecular complexity index is 690. The van der Waals surface area contributed by atoms with Crippen molar-refractivity contribution in [1.82, 2.24) is 14.5 Å². The van der Waals surface area contributed by atoms with Crippen LogP contribution in [0.15, 0.2) is 43.0 Å². The van der Waals surface area contributed by atoms with E-state index in [2.05, 4.69) is 9.97 Å². The number of rotatable bonds is 1. The molecule has 5 heteroatoms. The molecule has 0 aliphatic carbocycles. The molecule has 3 aromatic rings. The third kappa shape index (κ3) is 1.65. The summed E-state index contributed by atoms with van der Waals surface area (Å²) in [5, 5.41) is 0. The van der Waals surface area contributed by atoms with E-state index in [1.54, 1.807) is 18.7 Å². The van der Waals surface area contributed by atoms with Crippen molar-refractivity contribution in [3.8, 4) is 5.69 Å². The van der Waals surface area contributed by atoms with Gasteiger partial charge in [-0.15, -0.1) is 0 Å². The van der Waals surface area contributed by atoms with E-state index >= 15 is 0 Å². The molecule has 2 heterocycles. The van der Waals surface area contributed by atoms with Crippen LogP contribution < -0.4 is 11.2 Å². The largest absolute Gasteiger partial charge is 0.399 e. The van der Waals surface area contributed by atoms with Crippen LogP contribution in [0.2, 0.25) is 0 Å². The van der Waals surface area contributed by atoms with Crippen molar-refractivity contribution in [3.63, 3.8) is 0 Å². The predicted molar refractivity (Wildman–Crippen MR) is 68.7 cm³/mol. The van der Waals surface area contributed by atoms with Crippen LogP contribution >= 0.6 is 0 Å². The zero-order valence-electron chi connectivity index (χ0n) is 9.04. The van der Waals surface area contributed by atoms with Gasteiger partial charge in [0.2, 0.25) is 0 Å². The monoisotopic (exact) mass is 220 g/mol. The van der Waals surface area contributed by atoms with Crippen LogP contribution in [0.5, 0.6) is 0 Å². The molecule has 80 valence electrons. The van der Waals surface area contributed by atoms with Crippen LogP contribution in [-0.4, -0.2) is 22.4 Å². The summed E-state index contributed by atoms with van der Waals surface area (Å²) in [6.45, 7) is 0. The number of imidazole rings is 1. The Balaban J connectivity index is 2.24. The van der Waals surface area contributed by atoms with Gasteiger partial charge in [0.05, 0.1) is 22.9 Å². The van der Waals surface area contributed by atoms with Gasteiger partial charge in [0.1, 0.15) is 14.2 Å². The quantitative estimate of drug-likeness (QED) is 0.487. The van der Waals surface area contributed by atoms with E-state index in [0.717, 1.165) is 16.7 Å². The highest BCUT2D eigenvalue weighted by molar-refractivity contribution is 6.32. The number of anilines is 1. The maximum atomic E-state index is 5.72. The first-order valence-corrected chi connectivity index (χ1v) is 5.17. The predicted octanol–water partition coefficient (Wildman–Crippen LogP) is 0.796. The molecule has 3 rings (SSSR count). The second-order valence-electron chi connectivity index (χ2n) is 3.84. The topological polar surface area (TPSA) is 56.7 Å². The number of benzene rings is 1. The summed E-state index contributed by atoms with van der Waals surface area (Å²) in [5.41, 5.74) is 9.76. The van der Waals surface area contributed by atoms with Crippen molar-refractivity contribution in [1.29, 1.82) is 0 Å². The highest BCUT2D eigenvalue weighted by Gasteiger charge is 2.04. The standard InChI is InChI=1S/C12H9BN4/c13-8-3-10(6-15-5-8)17-7-16-11-4-9(14)1-2-12(11)17/h1-7H,14H2. The SMILES string of the molecule is [B]c1cncc(-n2cnc3cc(N)ccc32)c1. The summed E-state index contributed by atoms with van der Waals surface area (Å²) < 4.78 is 1.93. The first kappa shape index (κ1) is 9.90. The zero-order valence-corrected chi connectivity index (χ0v) is 9.04. The van der Waals surface area contributed by atoms with E-state index in [-0.39, 0.29) is 0 Å². The Hall–Kier alpha value is -2.30. The summed E-state index contributed by atoms with van der Waals surface area (Å²) in [6.07, 6.45) is 5.09. The normalized spacial score (nSPS) is 10.8. The first-order valence-electron chi connectivity index (χ1n) is 5.17. The molecule has 0 fully saturated rings. The second kappa shape index (κ2) is 3.62. The van der Waals surface area contributed by atoms with Crippen molar-refractivity contribution < 1.29 is 0 Å². The number of nitrogens with zero attached hydrogens (tertiary/aromatic N) is 3. The first-order chi connectivity index (χ1) is 8.24. The number of pyridine rings is 1. The molecular weight excluding hydrogens is 211 g/mol. The van der Waals surface area contributed by atoms with Crippen LogP contribution in [0.3, 0.4) is 0 Å².